The lowest BCUT2D eigenvalue weighted by molar-refractivity contribution is 0.651. The molecule has 0 saturated carbocycles. The van der Waals surface area contributed by atoms with Crippen molar-refractivity contribution in [3.63, 3.8) is 0 Å². The summed E-state index contributed by atoms with van der Waals surface area (Å²) in [6.07, 6.45) is 5.48. The van der Waals surface area contributed by atoms with Gasteiger partial charge in [0, 0.05) is 6.54 Å². The van der Waals surface area contributed by atoms with Crippen molar-refractivity contribution in [3.8, 4) is 0 Å². The Morgan fingerprint density at radius 1 is 1.38 bits per heavy atom. The first-order chi connectivity index (χ1) is 6.36. The Hall–Kier alpha value is -1.24. The maximum Gasteiger partial charge on any atom is 0.0208 e. The van der Waals surface area contributed by atoms with Crippen LogP contribution in [0.4, 0.5) is 0 Å². The third kappa shape index (κ3) is 1.92. The zero-order chi connectivity index (χ0) is 9.10. The molecule has 68 valence electrons. The third-order valence-electron chi connectivity index (χ3n) is 2.61. The van der Waals surface area contributed by atoms with Crippen LogP contribution in [-0.4, -0.2) is 6.54 Å². The Balaban J connectivity index is 2.09. The van der Waals surface area contributed by atoms with Gasteiger partial charge in [-0.3, -0.25) is 0 Å². The fourth-order valence-electron chi connectivity index (χ4n) is 1.75. The Morgan fingerprint density at radius 3 is 2.92 bits per heavy atom. The largest absolute Gasteiger partial charge is 0.391 e. The molecule has 1 aromatic carbocycles. The molecular weight excluding hydrogens is 158 g/mol. The van der Waals surface area contributed by atoms with E-state index in [0.717, 1.165) is 13.0 Å². The molecule has 0 aliphatic carbocycles. The van der Waals surface area contributed by atoms with Crippen molar-refractivity contribution in [2.24, 2.45) is 5.92 Å². The molecule has 0 fully saturated rings. The van der Waals surface area contributed by atoms with Crippen LogP contribution in [0.25, 0.3) is 0 Å². The third-order valence-corrected chi connectivity index (χ3v) is 2.61. The van der Waals surface area contributed by atoms with Crippen LogP contribution in [0.3, 0.4) is 0 Å². The smallest absolute Gasteiger partial charge is 0.0208 e. The molecule has 0 bridgehead atoms. The molecular formula is C12H15N. The fraction of sp³-hybridized carbons (Fsp3) is 0.333. The summed E-state index contributed by atoms with van der Waals surface area (Å²) in [7, 11) is 0. The molecule has 0 spiro atoms. The lowest BCUT2D eigenvalue weighted by atomic mass is 9.97. The Labute approximate surface area is 79.5 Å². The number of hydrogen-bond donors (Lipinski definition) is 1. The van der Waals surface area contributed by atoms with Gasteiger partial charge in [0.1, 0.15) is 0 Å². The van der Waals surface area contributed by atoms with E-state index in [1.165, 1.54) is 11.1 Å². The summed E-state index contributed by atoms with van der Waals surface area (Å²) in [5, 5.41) is 3.23. The summed E-state index contributed by atoms with van der Waals surface area (Å²) in [5.41, 5.74) is 2.88. The highest BCUT2D eigenvalue weighted by Crippen LogP contribution is 2.15. The number of aryl methyl sites for hydroxylation is 1. The van der Waals surface area contributed by atoms with Crippen LogP contribution in [-0.2, 0) is 6.42 Å². The maximum absolute atomic E-state index is 3.23. The lowest BCUT2D eigenvalue weighted by Crippen LogP contribution is -2.11. The van der Waals surface area contributed by atoms with Gasteiger partial charge in [-0.15, -0.1) is 0 Å². The molecule has 13 heavy (non-hydrogen) atoms. The minimum absolute atomic E-state index is 0.682. The van der Waals surface area contributed by atoms with E-state index in [4.69, 9.17) is 0 Å². The van der Waals surface area contributed by atoms with Gasteiger partial charge >= 0.3 is 0 Å². The molecule has 1 atom stereocenters. The van der Waals surface area contributed by atoms with Crippen molar-refractivity contribution in [2.75, 3.05) is 6.54 Å². The van der Waals surface area contributed by atoms with E-state index in [1.54, 1.807) is 0 Å². The van der Waals surface area contributed by atoms with Gasteiger partial charge in [-0.2, -0.15) is 0 Å². The van der Waals surface area contributed by atoms with Crippen LogP contribution in [0.1, 0.15) is 11.1 Å². The summed E-state index contributed by atoms with van der Waals surface area (Å²) in [4.78, 5) is 0. The van der Waals surface area contributed by atoms with Gasteiger partial charge in [0.2, 0.25) is 0 Å². The van der Waals surface area contributed by atoms with Gasteiger partial charge in [-0.25, -0.2) is 0 Å². The summed E-state index contributed by atoms with van der Waals surface area (Å²) < 4.78 is 0. The normalized spacial score (nSPS) is 20.2. The summed E-state index contributed by atoms with van der Waals surface area (Å²) >= 11 is 0. The second-order valence-corrected chi connectivity index (χ2v) is 3.66. The minimum Gasteiger partial charge on any atom is -0.391 e. The Morgan fingerprint density at radius 2 is 2.23 bits per heavy atom. The first-order valence-electron chi connectivity index (χ1n) is 4.81. The number of rotatable bonds is 2. The van der Waals surface area contributed by atoms with Crippen molar-refractivity contribution >= 4 is 0 Å². The summed E-state index contributed by atoms with van der Waals surface area (Å²) in [6, 6.07) is 8.62. The predicted octanol–water partition coefficient (Wildman–Crippen LogP) is 2.27. The average molecular weight is 173 g/mol. The first-order valence-corrected chi connectivity index (χ1v) is 4.81. The number of nitrogens with one attached hydrogen (secondary N) is 1. The van der Waals surface area contributed by atoms with E-state index in [2.05, 4.69) is 48.8 Å². The van der Waals surface area contributed by atoms with E-state index in [0.29, 0.717) is 5.92 Å². The molecule has 0 amide bonds. The van der Waals surface area contributed by atoms with E-state index in [1.807, 2.05) is 0 Å². The number of benzene rings is 1. The van der Waals surface area contributed by atoms with Crippen LogP contribution in [0.2, 0.25) is 0 Å². The van der Waals surface area contributed by atoms with Gasteiger partial charge in [-0.05, 0) is 36.6 Å². The van der Waals surface area contributed by atoms with Crippen LogP contribution in [0.15, 0.2) is 36.5 Å². The molecule has 1 aliphatic heterocycles. The van der Waals surface area contributed by atoms with Crippen LogP contribution in [0, 0.1) is 12.8 Å². The minimum atomic E-state index is 0.682. The van der Waals surface area contributed by atoms with E-state index in [-0.39, 0.29) is 0 Å². The molecule has 1 aromatic rings. The molecule has 0 radical (unpaired) electrons. The number of hydrogen-bond acceptors (Lipinski definition) is 1. The molecule has 1 heteroatoms. The maximum atomic E-state index is 3.23. The molecule has 1 aliphatic rings. The van der Waals surface area contributed by atoms with Gasteiger partial charge < -0.3 is 5.32 Å². The standard InChI is InChI=1S/C12H15N/c1-10-4-2-3-5-12(10)8-11-6-7-13-9-11/h2-7,11,13H,8-9H2,1H3. The molecule has 1 N–H and O–H groups in total. The van der Waals surface area contributed by atoms with Crippen molar-refractivity contribution in [1.29, 1.82) is 0 Å². The second-order valence-electron chi connectivity index (χ2n) is 3.66. The molecule has 1 heterocycles. The van der Waals surface area contributed by atoms with E-state index < -0.39 is 0 Å². The molecule has 0 aromatic heterocycles. The predicted molar refractivity (Wildman–Crippen MR) is 55.5 cm³/mol. The fourth-order valence-corrected chi connectivity index (χ4v) is 1.75. The van der Waals surface area contributed by atoms with Crippen LogP contribution in [0.5, 0.6) is 0 Å². The van der Waals surface area contributed by atoms with Crippen molar-refractivity contribution in [1.82, 2.24) is 5.32 Å². The van der Waals surface area contributed by atoms with Gasteiger partial charge in [-0.1, -0.05) is 30.3 Å². The van der Waals surface area contributed by atoms with Gasteiger partial charge in [0.15, 0.2) is 0 Å². The van der Waals surface area contributed by atoms with E-state index >= 15 is 0 Å². The second kappa shape index (κ2) is 3.65. The molecule has 0 saturated heterocycles. The van der Waals surface area contributed by atoms with Gasteiger partial charge in [0.25, 0.3) is 0 Å². The Kier molecular flexibility index (Phi) is 2.35. The zero-order valence-electron chi connectivity index (χ0n) is 7.96. The van der Waals surface area contributed by atoms with Crippen molar-refractivity contribution in [2.45, 2.75) is 13.3 Å². The molecule has 2 rings (SSSR count). The van der Waals surface area contributed by atoms with Crippen LogP contribution < -0.4 is 5.32 Å². The summed E-state index contributed by atoms with van der Waals surface area (Å²) in [6.45, 7) is 3.27. The van der Waals surface area contributed by atoms with Crippen LogP contribution >= 0.6 is 0 Å². The highest BCUT2D eigenvalue weighted by Gasteiger charge is 2.10. The van der Waals surface area contributed by atoms with Crippen molar-refractivity contribution in [3.05, 3.63) is 47.7 Å². The SMILES string of the molecule is Cc1ccccc1CC1C=CNC1. The van der Waals surface area contributed by atoms with E-state index in [9.17, 15) is 0 Å². The molecule has 1 nitrogen and oxygen atoms in total. The molecule has 1 unspecified atom stereocenters. The van der Waals surface area contributed by atoms with Crippen molar-refractivity contribution < 1.29 is 0 Å². The monoisotopic (exact) mass is 173 g/mol. The first kappa shape index (κ1) is 8.36. The highest BCUT2D eigenvalue weighted by atomic mass is 14.9. The zero-order valence-corrected chi connectivity index (χ0v) is 7.96. The quantitative estimate of drug-likeness (QED) is 0.723. The average Bonchev–Trinajstić information content (AvgIpc) is 2.61. The summed E-state index contributed by atoms with van der Waals surface area (Å²) in [5.74, 6) is 0.682. The lowest BCUT2D eigenvalue weighted by Gasteiger charge is -2.09. The topological polar surface area (TPSA) is 12.0 Å². The highest BCUT2D eigenvalue weighted by molar-refractivity contribution is 5.26. The Bertz CT molecular complexity index is 315. The van der Waals surface area contributed by atoms with Gasteiger partial charge in [0.05, 0.1) is 0 Å².